The topological polar surface area (TPSA) is 87.5 Å². The molecule has 0 heterocycles. The molecule has 0 saturated carbocycles. The molecule has 0 aromatic heterocycles. The van der Waals surface area contributed by atoms with E-state index in [2.05, 4.69) is 36.3 Å². The fourth-order valence-corrected chi connectivity index (χ4v) is 1.90. The number of hydrogen-bond acceptors (Lipinski definition) is 4. The molecule has 1 unspecified atom stereocenters. The van der Waals surface area contributed by atoms with Crippen LogP contribution in [0.2, 0.25) is 0 Å². The third-order valence-corrected chi connectivity index (χ3v) is 3.20. The Morgan fingerprint density at radius 3 is 2.35 bits per heavy atom. The smallest absolute Gasteiger partial charge is 0.321 e. The highest BCUT2D eigenvalue weighted by molar-refractivity contribution is 5.96. The molecular formula is C14H30N4O2. The molecule has 0 rings (SSSR count). The van der Waals surface area contributed by atoms with Crippen LogP contribution in [0.25, 0.3) is 0 Å². The van der Waals surface area contributed by atoms with Gasteiger partial charge in [0.1, 0.15) is 0 Å². The van der Waals surface area contributed by atoms with Crippen molar-refractivity contribution in [3.8, 4) is 0 Å². The van der Waals surface area contributed by atoms with Gasteiger partial charge in [0, 0.05) is 13.1 Å². The van der Waals surface area contributed by atoms with Crippen molar-refractivity contribution >= 4 is 11.9 Å². The number of nitrogens with zero attached hydrogens (tertiary/aromatic N) is 1. The molecule has 0 saturated heterocycles. The summed E-state index contributed by atoms with van der Waals surface area (Å²) in [6.45, 7) is 12.4. The van der Waals surface area contributed by atoms with Crippen molar-refractivity contribution in [3.05, 3.63) is 0 Å². The highest BCUT2D eigenvalue weighted by Crippen LogP contribution is 2.17. The maximum absolute atomic E-state index is 12.1. The normalized spacial score (nSPS) is 13.2. The largest absolute Gasteiger partial charge is 0.338 e. The SMILES string of the molecule is CCCN(CC(C)(C)CN)C(C)C(=O)NC(=O)NCC. The highest BCUT2D eigenvalue weighted by Gasteiger charge is 2.27. The molecule has 4 N–H and O–H groups in total. The zero-order chi connectivity index (χ0) is 15.8. The van der Waals surface area contributed by atoms with Crippen molar-refractivity contribution in [1.82, 2.24) is 15.5 Å². The van der Waals surface area contributed by atoms with Crippen LogP contribution in [0.4, 0.5) is 4.79 Å². The van der Waals surface area contributed by atoms with Gasteiger partial charge in [0.15, 0.2) is 0 Å². The van der Waals surface area contributed by atoms with Crippen molar-refractivity contribution in [2.75, 3.05) is 26.2 Å². The lowest BCUT2D eigenvalue weighted by atomic mass is 9.92. The van der Waals surface area contributed by atoms with Gasteiger partial charge < -0.3 is 11.1 Å². The summed E-state index contributed by atoms with van der Waals surface area (Å²) in [6, 6.07) is -0.803. The second kappa shape index (κ2) is 8.92. The number of urea groups is 1. The van der Waals surface area contributed by atoms with Gasteiger partial charge in [-0.1, -0.05) is 20.8 Å². The number of carbonyl (C=O) groups excluding carboxylic acids is 2. The van der Waals surface area contributed by atoms with Crippen LogP contribution >= 0.6 is 0 Å². The summed E-state index contributed by atoms with van der Waals surface area (Å²) < 4.78 is 0. The van der Waals surface area contributed by atoms with E-state index in [4.69, 9.17) is 5.73 Å². The van der Waals surface area contributed by atoms with E-state index in [0.717, 1.165) is 19.5 Å². The lowest BCUT2D eigenvalue weighted by Crippen LogP contribution is -2.52. The Labute approximate surface area is 122 Å². The third-order valence-electron chi connectivity index (χ3n) is 3.20. The van der Waals surface area contributed by atoms with E-state index in [9.17, 15) is 9.59 Å². The molecule has 6 nitrogen and oxygen atoms in total. The first kappa shape index (κ1) is 18.9. The van der Waals surface area contributed by atoms with Crippen molar-refractivity contribution in [2.45, 2.75) is 47.1 Å². The summed E-state index contributed by atoms with van der Waals surface area (Å²) in [6.07, 6.45) is 0.944. The van der Waals surface area contributed by atoms with E-state index in [0.29, 0.717) is 13.1 Å². The Hall–Kier alpha value is -1.14. The van der Waals surface area contributed by atoms with Crippen LogP contribution in [0, 0.1) is 5.41 Å². The Balaban J connectivity index is 4.66. The van der Waals surface area contributed by atoms with Crippen LogP contribution in [0.1, 0.15) is 41.0 Å². The number of imide groups is 1. The average molecular weight is 286 g/mol. The lowest BCUT2D eigenvalue weighted by Gasteiger charge is -2.34. The molecule has 0 aliphatic heterocycles. The predicted octanol–water partition coefficient (Wildman–Crippen LogP) is 0.918. The summed E-state index contributed by atoms with van der Waals surface area (Å²) in [5.74, 6) is -0.280. The van der Waals surface area contributed by atoms with Crippen LogP contribution in [0.15, 0.2) is 0 Å². The first-order chi connectivity index (χ1) is 9.27. The van der Waals surface area contributed by atoms with Gasteiger partial charge in [0.2, 0.25) is 5.91 Å². The summed E-state index contributed by atoms with van der Waals surface area (Å²) in [4.78, 5) is 25.5. The Kier molecular flexibility index (Phi) is 8.41. The van der Waals surface area contributed by atoms with Gasteiger partial charge in [0.05, 0.1) is 6.04 Å². The molecule has 20 heavy (non-hydrogen) atoms. The molecular weight excluding hydrogens is 256 g/mol. The molecule has 0 aliphatic rings. The van der Waals surface area contributed by atoms with E-state index >= 15 is 0 Å². The fraction of sp³-hybridized carbons (Fsp3) is 0.857. The van der Waals surface area contributed by atoms with Gasteiger partial charge in [-0.3, -0.25) is 15.0 Å². The Bertz CT molecular complexity index is 318. The minimum absolute atomic E-state index is 0.0601. The molecule has 0 fully saturated rings. The zero-order valence-corrected chi connectivity index (χ0v) is 13.5. The maximum Gasteiger partial charge on any atom is 0.321 e. The molecule has 0 bridgehead atoms. The van der Waals surface area contributed by atoms with Crippen LogP contribution in [-0.4, -0.2) is 49.1 Å². The molecule has 0 spiro atoms. The number of nitrogens with one attached hydrogen (secondary N) is 2. The van der Waals surface area contributed by atoms with Gasteiger partial charge >= 0.3 is 6.03 Å². The minimum Gasteiger partial charge on any atom is -0.338 e. The standard InChI is InChI=1S/C14H30N4O2/c1-6-8-18(10-14(4,5)9-15)11(3)12(19)17-13(20)16-7-2/h11H,6-10,15H2,1-5H3,(H2,16,17,19,20). The van der Waals surface area contributed by atoms with E-state index in [1.165, 1.54) is 0 Å². The molecule has 3 amide bonds. The number of rotatable bonds is 8. The van der Waals surface area contributed by atoms with Crippen molar-refractivity contribution in [3.63, 3.8) is 0 Å². The molecule has 0 aromatic carbocycles. The first-order valence-electron chi connectivity index (χ1n) is 7.30. The summed E-state index contributed by atoms with van der Waals surface area (Å²) in [7, 11) is 0. The van der Waals surface area contributed by atoms with Gasteiger partial charge in [-0.05, 0) is 38.8 Å². The van der Waals surface area contributed by atoms with E-state index in [1.807, 2.05) is 6.92 Å². The highest BCUT2D eigenvalue weighted by atomic mass is 16.2. The van der Waals surface area contributed by atoms with Crippen LogP contribution in [0.5, 0.6) is 0 Å². The zero-order valence-electron chi connectivity index (χ0n) is 13.5. The van der Waals surface area contributed by atoms with Crippen molar-refractivity contribution < 1.29 is 9.59 Å². The first-order valence-corrected chi connectivity index (χ1v) is 7.30. The van der Waals surface area contributed by atoms with Gasteiger partial charge in [-0.2, -0.15) is 0 Å². The Morgan fingerprint density at radius 1 is 1.30 bits per heavy atom. The van der Waals surface area contributed by atoms with Crippen LogP contribution in [0.3, 0.4) is 0 Å². The molecule has 0 radical (unpaired) electrons. The quantitative estimate of drug-likeness (QED) is 0.619. The van der Waals surface area contributed by atoms with Crippen LogP contribution in [-0.2, 0) is 4.79 Å². The fourth-order valence-electron chi connectivity index (χ4n) is 1.90. The van der Waals surface area contributed by atoms with Crippen molar-refractivity contribution in [2.24, 2.45) is 11.1 Å². The van der Waals surface area contributed by atoms with Gasteiger partial charge in [-0.25, -0.2) is 4.79 Å². The Morgan fingerprint density at radius 2 is 1.90 bits per heavy atom. The number of amides is 3. The number of nitrogens with two attached hydrogens (primary N) is 1. The van der Waals surface area contributed by atoms with Gasteiger partial charge in [0.25, 0.3) is 0 Å². The van der Waals surface area contributed by atoms with Crippen molar-refractivity contribution in [1.29, 1.82) is 0 Å². The average Bonchev–Trinajstić information content (AvgIpc) is 2.37. The number of carbonyl (C=O) groups is 2. The number of hydrogen-bond donors (Lipinski definition) is 3. The third kappa shape index (κ3) is 6.86. The monoisotopic (exact) mass is 286 g/mol. The van der Waals surface area contributed by atoms with Gasteiger partial charge in [-0.15, -0.1) is 0 Å². The second-order valence-corrected chi connectivity index (χ2v) is 5.86. The maximum atomic E-state index is 12.1. The summed E-state index contributed by atoms with van der Waals surface area (Å²) in [5, 5.41) is 4.91. The molecule has 1 atom stereocenters. The van der Waals surface area contributed by atoms with E-state index in [1.54, 1.807) is 6.92 Å². The van der Waals surface area contributed by atoms with E-state index in [-0.39, 0.29) is 17.4 Å². The molecule has 0 aromatic rings. The predicted molar refractivity (Wildman–Crippen MR) is 81.4 cm³/mol. The lowest BCUT2D eigenvalue weighted by molar-refractivity contribution is -0.125. The van der Waals surface area contributed by atoms with Crippen LogP contribution < -0.4 is 16.4 Å². The summed E-state index contributed by atoms with van der Waals surface area (Å²) >= 11 is 0. The second-order valence-electron chi connectivity index (χ2n) is 5.86. The molecule has 118 valence electrons. The van der Waals surface area contributed by atoms with E-state index < -0.39 is 6.03 Å². The molecule has 6 heteroatoms. The summed E-state index contributed by atoms with van der Waals surface area (Å²) in [5.41, 5.74) is 5.70. The minimum atomic E-state index is -0.445. The molecule has 0 aliphatic carbocycles.